The zero-order chi connectivity index (χ0) is 16.7. The lowest BCUT2D eigenvalue weighted by atomic mass is 10.1. The van der Waals surface area contributed by atoms with Gasteiger partial charge in [0.2, 0.25) is 0 Å². The topological polar surface area (TPSA) is 54.4 Å². The summed E-state index contributed by atoms with van der Waals surface area (Å²) >= 11 is 0. The van der Waals surface area contributed by atoms with E-state index in [2.05, 4.69) is 0 Å². The molecule has 0 spiro atoms. The van der Waals surface area contributed by atoms with Crippen LogP contribution >= 0.6 is 0 Å². The van der Waals surface area contributed by atoms with Crippen molar-refractivity contribution < 1.29 is 39.3 Å². The average Bonchev–Trinajstić information content (AvgIpc) is 2.29. The molecule has 1 unspecified atom stereocenters. The molecule has 0 rings (SSSR count). The first-order valence-corrected chi connectivity index (χ1v) is 7.87. The minimum atomic E-state index is -5.79. The number of unbranched alkanes of at least 4 members (excludes halogenated alkanes) is 5. The highest BCUT2D eigenvalue weighted by atomic mass is 32.2. The predicted molar refractivity (Wildman–Crippen MR) is 64.4 cm³/mol. The van der Waals surface area contributed by atoms with Gasteiger partial charge in [0.15, 0.2) is 6.17 Å². The largest absolute Gasteiger partial charge is 0.400 e. The van der Waals surface area contributed by atoms with E-state index in [1.807, 2.05) is 0 Å². The van der Waals surface area contributed by atoms with E-state index in [-0.39, 0.29) is 12.8 Å². The van der Waals surface area contributed by atoms with Gasteiger partial charge in [-0.15, -0.1) is 0 Å². The molecule has 0 aromatic rings. The van der Waals surface area contributed by atoms with Gasteiger partial charge in [-0.3, -0.25) is 4.55 Å². The molecule has 128 valence electrons. The summed E-state index contributed by atoms with van der Waals surface area (Å²) in [4.78, 5) is 0. The minimum Gasteiger partial charge on any atom is -0.281 e. The molecular weight excluding hydrogens is 326 g/mol. The maximum absolute atomic E-state index is 13.0. The summed E-state index contributed by atoms with van der Waals surface area (Å²) in [6.07, 6.45) is -7.32. The molecule has 21 heavy (non-hydrogen) atoms. The van der Waals surface area contributed by atoms with Crippen molar-refractivity contribution in [2.75, 3.05) is 0 Å². The zero-order valence-corrected chi connectivity index (χ0v) is 12.0. The molecule has 0 aliphatic heterocycles. The van der Waals surface area contributed by atoms with E-state index in [1.54, 1.807) is 0 Å². The Morgan fingerprint density at radius 1 is 0.857 bits per heavy atom. The molecule has 0 radical (unpaired) electrons. The fourth-order valence-electron chi connectivity index (χ4n) is 1.69. The lowest BCUT2D eigenvalue weighted by molar-refractivity contribution is -0.135. The summed E-state index contributed by atoms with van der Waals surface area (Å²) in [6, 6.07) is 0. The molecule has 0 aromatic carbocycles. The van der Waals surface area contributed by atoms with Crippen molar-refractivity contribution in [2.24, 2.45) is 0 Å². The lowest BCUT2D eigenvalue weighted by Crippen LogP contribution is -2.38. The van der Waals surface area contributed by atoms with E-state index < -0.39 is 40.6 Å². The monoisotopic (exact) mass is 344 g/mol. The minimum absolute atomic E-state index is 0.0178. The van der Waals surface area contributed by atoms with Crippen LogP contribution in [0.3, 0.4) is 0 Å². The Bertz CT molecular complexity index is 393. The molecule has 0 bridgehead atoms. The van der Waals surface area contributed by atoms with E-state index in [0.29, 0.717) is 25.7 Å². The van der Waals surface area contributed by atoms with Gasteiger partial charge in [-0.2, -0.15) is 30.4 Å². The molecule has 10 heteroatoms. The van der Waals surface area contributed by atoms with Crippen molar-refractivity contribution in [3.63, 3.8) is 0 Å². The third-order valence-corrected chi connectivity index (χ3v) is 3.82. The molecule has 0 aliphatic carbocycles. The first-order chi connectivity index (χ1) is 9.38. The van der Waals surface area contributed by atoms with E-state index >= 15 is 0 Å². The van der Waals surface area contributed by atoms with Crippen LogP contribution < -0.4 is 0 Å². The average molecular weight is 344 g/mol. The molecule has 3 nitrogen and oxygen atoms in total. The highest BCUT2D eigenvalue weighted by Crippen LogP contribution is 2.30. The fraction of sp³-hybridized carbons (Fsp3) is 1.00. The number of hydrogen-bond donors (Lipinski definition) is 1. The Kier molecular flexibility index (Phi) is 8.01. The number of halogens is 6. The molecule has 0 saturated carbocycles. The van der Waals surface area contributed by atoms with Gasteiger partial charge in [0.25, 0.3) is 0 Å². The Hall–Kier alpha value is -0.510. The van der Waals surface area contributed by atoms with Crippen molar-refractivity contribution in [2.45, 2.75) is 69.0 Å². The van der Waals surface area contributed by atoms with Crippen LogP contribution in [0.1, 0.15) is 51.4 Å². The first kappa shape index (κ1) is 20.5. The van der Waals surface area contributed by atoms with Crippen LogP contribution in [-0.4, -0.2) is 30.6 Å². The fourth-order valence-corrected chi connectivity index (χ4v) is 2.13. The van der Waals surface area contributed by atoms with Gasteiger partial charge in [0, 0.05) is 6.42 Å². The summed E-state index contributed by atoms with van der Waals surface area (Å²) in [5.74, 6) is 0. The lowest BCUT2D eigenvalue weighted by Gasteiger charge is -2.17. The van der Waals surface area contributed by atoms with Crippen LogP contribution in [-0.2, 0) is 10.1 Å². The molecule has 0 heterocycles. The van der Waals surface area contributed by atoms with Crippen LogP contribution in [0, 0.1) is 0 Å². The van der Waals surface area contributed by atoms with E-state index in [9.17, 15) is 34.8 Å². The van der Waals surface area contributed by atoms with Gasteiger partial charge < -0.3 is 0 Å². The van der Waals surface area contributed by atoms with Crippen molar-refractivity contribution in [3.8, 4) is 0 Å². The number of hydrogen-bond acceptors (Lipinski definition) is 2. The number of rotatable bonds is 10. The smallest absolute Gasteiger partial charge is 0.281 e. The van der Waals surface area contributed by atoms with Crippen LogP contribution in [0.5, 0.6) is 0 Å². The Labute approximate surface area is 119 Å². The maximum atomic E-state index is 13.0. The van der Waals surface area contributed by atoms with Crippen molar-refractivity contribution in [1.29, 1.82) is 0 Å². The van der Waals surface area contributed by atoms with E-state index in [1.165, 1.54) is 0 Å². The van der Waals surface area contributed by atoms with Gasteiger partial charge in [-0.05, 0) is 12.8 Å². The standard InChI is InChI=1S/C11H18F6O3S/c12-9(11(16,17)21(18,19)20)7-5-3-1-2-4-6-8-10(13,14)15/h9H,1-8H2,(H,18,19,20). The van der Waals surface area contributed by atoms with Gasteiger partial charge in [0.1, 0.15) is 0 Å². The van der Waals surface area contributed by atoms with Crippen LogP contribution in [0.15, 0.2) is 0 Å². The highest BCUT2D eigenvalue weighted by Gasteiger charge is 2.52. The summed E-state index contributed by atoms with van der Waals surface area (Å²) in [5, 5.41) is -4.83. The van der Waals surface area contributed by atoms with Gasteiger partial charge in [-0.1, -0.05) is 32.1 Å². The van der Waals surface area contributed by atoms with E-state index in [0.717, 1.165) is 0 Å². The van der Waals surface area contributed by atoms with Gasteiger partial charge in [-0.25, -0.2) is 4.39 Å². The molecule has 0 amide bonds. The Morgan fingerprint density at radius 3 is 1.71 bits per heavy atom. The molecule has 0 aliphatic rings. The number of alkyl halides is 6. The van der Waals surface area contributed by atoms with Crippen molar-refractivity contribution in [1.82, 2.24) is 0 Å². The second kappa shape index (κ2) is 8.21. The van der Waals surface area contributed by atoms with Gasteiger partial charge in [0.05, 0.1) is 0 Å². The second-order valence-electron chi connectivity index (χ2n) is 4.78. The maximum Gasteiger partial charge on any atom is 0.400 e. The molecule has 0 aromatic heterocycles. The molecule has 0 saturated heterocycles. The Morgan fingerprint density at radius 2 is 1.29 bits per heavy atom. The third-order valence-electron chi connectivity index (χ3n) is 2.88. The van der Waals surface area contributed by atoms with Crippen LogP contribution in [0.25, 0.3) is 0 Å². The third kappa shape index (κ3) is 8.50. The van der Waals surface area contributed by atoms with Crippen LogP contribution in [0.2, 0.25) is 0 Å². The SMILES string of the molecule is O=S(=O)(O)C(F)(F)C(F)CCCCCCCCC(F)(F)F. The van der Waals surface area contributed by atoms with Gasteiger partial charge >= 0.3 is 21.5 Å². The summed E-state index contributed by atoms with van der Waals surface area (Å²) < 4.78 is 103. The predicted octanol–water partition coefficient (Wildman–Crippen LogP) is 4.49. The summed E-state index contributed by atoms with van der Waals surface area (Å²) in [5.41, 5.74) is 0. The van der Waals surface area contributed by atoms with Crippen molar-refractivity contribution in [3.05, 3.63) is 0 Å². The Balaban J connectivity index is 3.73. The highest BCUT2D eigenvalue weighted by molar-refractivity contribution is 7.86. The molecule has 1 N–H and O–H groups in total. The summed E-state index contributed by atoms with van der Waals surface area (Å²) in [6.45, 7) is 0. The van der Waals surface area contributed by atoms with E-state index in [4.69, 9.17) is 4.55 Å². The molecule has 1 atom stereocenters. The normalized spacial score (nSPS) is 15.2. The molecule has 0 fully saturated rings. The first-order valence-electron chi connectivity index (χ1n) is 6.43. The summed E-state index contributed by atoms with van der Waals surface area (Å²) in [7, 11) is -5.79. The second-order valence-corrected chi connectivity index (χ2v) is 6.27. The molecular formula is C11H18F6O3S. The zero-order valence-electron chi connectivity index (χ0n) is 11.2. The quantitative estimate of drug-likeness (QED) is 0.361. The van der Waals surface area contributed by atoms with Crippen LogP contribution in [0.4, 0.5) is 26.3 Å². The van der Waals surface area contributed by atoms with Crippen molar-refractivity contribution >= 4 is 10.1 Å².